The highest BCUT2D eigenvalue weighted by molar-refractivity contribution is 9.10. The SMILES string of the molecule is COc1ccc(C(O)c2cccc(N)c2)c(OC)c1Br. The van der Waals surface area contributed by atoms with E-state index in [2.05, 4.69) is 15.9 Å². The number of rotatable bonds is 4. The van der Waals surface area contributed by atoms with Gasteiger partial charge in [0.1, 0.15) is 22.1 Å². The average Bonchev–Trinajstić information content (AvgIpc) is 2.46. The van der Waals surface area contributed by atoms with E-state index in [4.69, 9.17) is 15.2 Å². The summed E-state index contributed by atoms with van der Waals surface area (Å²) in [7, 11) is 3.13. The lowest BCUT2D eigenvalue weighted by Crippen LogP contribution is -2.04. The molecular formula is C15H16BrNO3. The molecule has 0 fully saturated rings. The second kappa shape index (κ2) is 6.15. The Hall–Kier alpha value is -1.72. The molecular weight excluding hydrogens is 322 g/mol. The van der Waals surface area contributed by atoms with Crippen LogP contribution in [0.1, 0.15) is 17.2 Å². The van der Waals surface area contributed by atoms with Crippen LogP contribution in [0.3, 0.4) is 0 Å². The summed E-state index contributed by atoms with van der Waals surface area (Å²) in [6.07, 6.45) is -0.823. The number of aliphatic hydroxyl groups excluding tert-OH is 1. The smallest absolute Gasteiger partial charge is 0.142 e. The number of ether oxygens (including phenoxy) is 2. The number of hydrogen-bond donors (Lipinski definition) is 2. The molecule has 0 aliphatic rings. The predicted molar refractivity (Wildman–Crippen MR) is 82.2 cm³/mol. The molecule has 0 saturated heterocycles. The molecule has 0 spiro atoms. The zero-order valence-electron chi connectivity index (χ0n) is 11.3. The van der Waals surface area contributed by atoms with Crippen LogP contribution >= 0.6 is 15.9 Å². The first-order chi connectivity index (χ1) is 9.58. The van der Waals surface area contributed by atoms with Crippen molar-refractivity contribution in [2.75, 3.05) is 20.0 Å². The predicted octanol–water partition coefficient (Wildman–Crippen LogP) is 3.13. The maximum Gasteiger partial charge on any atom is 0.142 e. The number of aliphatic hydroxyl groups is 1. The molecule has 1 unspecified atom stereocenters. The summed E-state index contributed by atoms with van der Waals surface area (Å²) in [5.74, 6) is 1.18. The average molecular weight is 338 g/mol. The van der Waals surface area contributed by atoms with E-state index in [0.29, 0.717) is 32.8 Å². The van der Waals surface area contributed by atoms with E-state index < -0.39 is 6.10 Å². The second-order valence-electron chi connectivity index (χ2n) is 4.28. The van der Waals surface area contributed by atoms with Crippen molar-refractivity contribution >= 4 is 21.6 Å². The Balaban J connectivity index is 2.49. The summed E-state index contributed by atoms with van der Waals surface area (Å²) in [6.45, 7) is 0. The van der Waals surface area contributed by atoms with E-state index >= 15 is 0 Å². The second-order valence-corrected chi connectivity index (χ2v) is 5.07. The van der Waals surface area contributed by atoms with E-state index in [-0.39, 0.29) is 0 Å². The number of nitrogens with two attached hydrogens (primary N) is 1. The number of nitrogen functional groups attached to an aromatic ring is 1. The summed E-state index contributed by atoms with van der Waals surface area (Å²) in [5, 5.41) is 10.5. The van der Waals surface area contributed by atoms with Gasteiger partial charge in [0.25, 0.3) is 0 Å². The number of hydrogen-bond acceptors (Lipinski definition) is 4. The number of benzene rings is 2. The third kappa shape index (κ3) is 2.73. The standard InChI is InChI=1S/C15H16BrNO3/c1-19-12-7-6-11(15(20-2)13(12)16)14(18)9-4-3-5-10(17)8-9/h3-8,14,18H,17H2,1-2H3. The quantitative estimate of drug-likeness (QED) is 0.841. The van der Waals surface area contributed by atoms with Crippen LogP contribution in [-0.2, 0) is 0 Å². The molecule has 3 N–H and O–H groups in total. The fourth-order valence-corrected chi connectivity index (χ4v) is 2.73. The van der Waals surface area contributed by atoms with Gasteiger partial charge in [0, 0.05) is 11.3 Å². The Morgan fingerprint density at radius 1 is 1.15 bits per heavy atom. The minimum absolute atomic E-state index is 0.541. The molecule has 0 aliphatic carbocycles. The van der Waals surface area contributed by atoms with E-state index in [9.17, 15) is 5.11 Å². The van der Waals surface area contributed by atoms with Crippen LogP contribution in [0.4, 0.5) is 5.69 Å². The van der Waals surface area contributed by atoms with Crippen molar-refractivity contribution in [3.05, 3.63) is 52.0 Å². The lowest BCUT2D eigenvalue weighted by atomic mass is 10.00. The van der Waals surface area contributed by atoms with E-state index in [1.165, 1.54) is 0 Å². The van der Waals surface area contributed by atoms with Gasteiger partial charge in [-0.25, -0.2) is 0 Å². The van der Waals surface area contributed by atoms with Crippen molar-refractivity contribution in [3.8, 4) is 11.5 Å². The van der Waals surface area contributed by atoms with Gasteiger partial charge in [-0.05, 0) is 45.8 Å². The Morgan fingerprint density at radius 3 is 2.50 bits per heavy atom. The van der Waals surface area contributed by atoms with Crippen LogP contribution in [0.2, 0.25) is 0 Å². The molecule has 2 rings (SSSR count). The van der Waals surface area contributed by atoms with Gasteiger partial charge in [-0.1, -0.05) is 12.1 Å². The number of halogens is 1. The highest BCUT2D eigenvalue weighted by Gasteiger charge is 2.20. The Bertz CT molecular complexity index is 616. The molecule has 0 amide bonds. The highest BCUT2D eigenvalue weighted by atomic mass is 79.9. The summed E-state index contributed by atoms with van der Waals surface area (Å²) >= 11 is 3.42. The first-order valence-electron chi connectivity index (χ1n) is 6.02. The number of methoxy groups -OCH3 is 2. The van der Waals surface area contributed by atoms with Crippen molar-refractivity contribution in [1.29, 1.82) is 0 Å². The van der Waals surface area contributed by atoms with Crippen molar-refractivity contribution in [2.45, 2.75) is 6.10 Å². The van der Waals surface area contributed by atoms with Gasteiger partial charge < -0.3 is 20.3 Å². The molecule has 5 heteroatoms. The van der Waals surface area contributed by atoms with E-state index in [0.717, 1.165) is 0 Å². The first-order valence-corrected chi connectivity index (χ1v) is 6.81. The molecule has 1 atom stereocenters. The van der Waals surface area contributed by atoms with Crippen LogP contribution in [0.5, 0.6) is 11.5 Å². The van der Waals surface area contributed by atoms with Crippen LogP contribution in [-0.4, -0.2) is 19.3 Å². The van der Waals surface area contributed by atoms with Gasteiger partial charge in [0.15, 0.2) is 0 Å². The van der Waals surface area contributed by atoms with E-state index in [1.807, 2.05) is 6.07 Å². The minimum atomic E-state index is -0.823. The molecule has 0 aliphatic heterocycles. The Labute approximate surface area is 126 Å². The molecule has 106 valence electrons. The zero-order valence-corrected chi connectivity index (χ0v) is 12.8. The van der Waals surface area contributed by atoms with Gasteiger partial charge in [0.2, 0.25) is 0 Å². The lowest BCUT2D eigenvalue weighted by Gasteiger charge is -2.18. The summed E-state index contributed by atoms with van der Waals surface area (Å²) < 4.78 is 11.3. The Morgan fingerprint density at radius 2 is 1.90 bits per heavy atom. The fraction of sp³-hybridized carbons (Fsp3) is 0.200. The maximum atomic E-state index is 10.5. The largest absolute Gasteiger partial charge is 0.495 e. The van der Waals surface area contributed by atoms with Gasteiger partial charge in [0.05, 0.1) is 14.2 Å². The normalized spacial score (nSPS) is 12.0. The highest BCUT2D eigenvalue weighted by Crippen LogP contribution is 2.41. The van der Waals surface area contributed by atoms with Crippen molar-refractivity contribution in [1.82, 2.24) is 0 Å². The molecule has 2 aromatic carbocycles. The molecule has 0 heterocycles. The molecule has 0 aromatic heterocycles. The van der Waals surface area contributed by atoms with Crippen molar-refractivity contribution in [2.24, 2.45) is 0 Å². The molecule has 20 heavy (non-hydrogen) atoms. The van der Waals surface area contributed by atoms with Gasteiger partial charge in [-0.3, -0.25) is 0 Å². The summed E-state index contributed by atoms with van der Waals surface area (Å²) in [4.78, 5) is 0. The third-order valence-electron chi connectivity index (χ3n) is 3.04. The first kappa shape index (κ1) is 14.7. The maximum absolute atomic E-state index is 10.5. The zero-order chi connectivity index (χ0) is 14.7. The van der Waals surface area contributed by atoms with Crippen molar-refractivity contribution in [3.63, 3.8) is 0 Å². The number of anilines is 1. The van der Waals surface area contributed by atoms with Crippen LogP contribution in [0.25, 0.3) is 0 Å². The summed E-state index contributed by atoms with van der Waals surface area (Å²) in [5.41, 5.74) is 7.71. The van der Waals surface area contributed by atoms with Gasteiger partial charge in [-0.15, -0.1) is 0 Å². The van der Waals surface area contributed by atoms with E-state index in [1.54, 1.807) is 44.6 Å². The molecule has 2 aromatic rings. The molecule has 0 saturated carbocycles. The molecule has 4 nitrogen and oxygen atoms in total. The van der Waals surface area contributed by atoms with Crippen LogP contribution in [0.15, 0.2) is 40.9 Å². The third-order valence-corrected chi connectivity index (χ3v) is 3.79. The van der Waals surface area contributed by atoms with Crippen LogP contribution in [0, 0.1) is 0 Å². The lowest BCUT2D eigenvalue weighted by molar-refractivity contribution is 0.214. The van der Waals surface area contributed by atoms with Gasteiger partial charge in [-0.2, -0.15) is 0 Å². The monoisotopic (exact) mass is 337 g/mol. The molecule has 0 bridgehead atoms. The summed E-state index contributed by atoms with van der Waals surface area (Å²) in [6, 6.07) is 10.7. The topological polar surface area (TPSA) is 64.7 Å². The minimum Gasteiger partial charge on any atom is -0.495 e. The fourth-order valence-electron chi connectivity index (χ4n) is 2.04. The van der Waals surface area contributed by atoms with Gasteiger partial charge >= 0.3 is 0 Å². The Kier molecular flexibility index (Phi) is 4.52. The van der Waals surface area contributed by atoms with Crippen LogP contribution < -0.4 is 15.2 Å². The molecule has 0 radical (unpaired) electrons. The van der Waals surface area contributed by atoms with Crippen molar-refractivity contribution < 1.29 is 14.6 Å².